The first kappa shape index (κ1) is 13.0. The highest BCUT2D eigenvalue weighted by Crippen LogP contribution is 2.21. The molecule has 1 heterocycles. The zero-order valence-corrected chi connectivity index (χ0v) is 10.5. The molecule has 0 bridgehead atoms. The molecule has 4 nitrogen and oxygen atoms in total. The summed E-state index contributed by atoms with van der Waals surface area (Å²) in [4.78, 5) is 4.44. The molecule has 1 unspecified atom stereocenters. The highest BCUT2D eigenvalue weighted by atomic mass is 16.3. The maximum atomic E-state index is 9.36. The van der Waals surface area contributed by atoms with Crippen molar-refractivity contribution in [3.05, 3.63) is 35.9 Å². The van der Waals surface area contributed by atoms with Crippen molar-refractivity contribution in [2.45, 2.75) is 6.04 Å². The summed E-state index contributed by atoms with van der Waals surface area (Å²) in [6.45, 7) is 4.55. The Morgan fingerprint density at radius 2 is 1.83 bits per heavy atom. The zero-order chi connectivity index (χ0) is 12.8. The third-order valence-corrected chi connectivity index (χ3v) is 3.43. The molecule has 1 N–H and O–H groups in total. The first-order chi connectivity index (χ1) is 8.85. The molecule has 18 heavy (non-hydrogen) atoms. The highest BCUT2D eigenvalue weighted by Gasteiger charge is 2.24. The third-order valence-electron chi connectivity index (χ3n) is 3.43. The van der Waals surface area contributed by atoms with Gasteiger partial charge in [0.1, 0.15) is 6.04 Å². The van der Waals surface area contributed by atoms with Gasteiger partial charge >= 0.3 is 0 Å². The fourth-order valence-electron chi connectivity index (χ4n) is 2.39. The second-order valence-electron chi connectivity index (χ2n) is 4.54. The van der Waals surface area contributed by atoms with Gasteiger partial charge in [0.15, 0.2) is 0 Å². The van der Waals surface area contributed by atoms with Crippen LogP contribution < -0.4 is 0 Å². The van der Waals surface area contributed by atoms with Crippen LogP contribution in [0.3, 0.4) is 0 Å². The average Bonchev–Trinajstić information content (AvgIpc) is 2.43. The van der Waals surface area contributed by atoms with Gasteiger partial charge in [0.2, 0.25) is 0 Å². The second kappa shape index (κ2) is 6.50. The Balaban J connectivity index is 1.97. The molecule has 1 aromatic carbocycles. The second-order valence-corrected chi connectivity index (χ2v) is 4.54. The van der Waals surface area contributed by atoms with Gasteiger partial charge in [0.05, 0.1) is 12.7 Å². The normalized spacial score (nSPS) is 19.3. The molecule has 0 radical (unpaired) electrons. The molecule has 1 aliphatic rings. The van der Waals surface area contributed by atoms with E-state index in [0.717, 1.165) is 38.3 Å². The van der Waals surface area contributed by atoms with Crippen molar-refractivity contribution in [2.24, 2.45) is 0 Å². The van der Waals surface area contributed by atoms with Crippen LogP contribution in [0.4, 0.5) is 0 Å². The predicted octanol–water partition coefficient (Wildman–Crippen LogP) is 0.861. The number of β-amino-alcohol motifs (C(OH)–C–C–N with tert-alkyl or cyclic N) is 1. The molecule has 2 rings (SSSR count). The molecule has 1 aliphatic heterocycles. The maximum absolute atomic E-state index is 9.36. The van der Waals surface area contributed by atoms with E-state index in [-0.39, 0.29) is 12.6 Å². The maximum Gasteiger partial charge on any atom is 0.123 e. The van der Waals surface area contributed by atoms with E-state index in [9.17, 15) is 5.26 Å². The quantitative estimate of drug-likeness (QED) is 0.855. The summed E-state index contributed by atoms with van der Waals surface area (Å²) in [6.07, 6.45) is 0. The molecular formula is C14H19N3O. The molecule has 1 aromatic rings. The van der Waals surface area contributed by atoms with Crippen molar-refractivity contribution >= 4 is 0 Å². The Morgan fingerprint density at radius 3 is 2.39 bits per heavy atom. The van der Waals surface area contributed by atoms with Crippen molar-refractivity contribution in [1.82, 2.24) is 9.80 Å². The van der Waals surface area contributed by atoms with Gasteiger partial charge in [-0.25, -0.2) is 0 Å². The number of rotatable bonds is 4. The number of aliphatic hydroxyl groups excluding tert-OH is 1. The third kappa shape index (κ3) is 3.08. The molecular weight excluding hydrogens is 226 g/mol. The van der Waals surface area contributed by atoms with Crippen molar-refractivity contribution in [1.29, 1.82) is 5.26 Å². The lowest BCUT2D eigenvalue weighted by atomic mass is 10.1. The van der Waals surface area contributed by atoms with Gasteiger partial charge in [0.25, 0.3) is 0 Å². The average molecular weight is 245 g/mol. The molecule has 0 aromatic heterocycles. The summed E-state index contributed by atoms with van der Waals surface area (Å²) in [6, 6.07) is 12.2. The standard InChI is InChI=1S/C14H19N3O/c15-12-14(13-4-2-1-3-5-13)17-8-6-16(7-9-17)10-11-18/h1-5,14,18H,6-11H2. The minimum absolute atomic E-state index is 0.150. The van der Waals surface area contributed by atoms with E-state index in [4.69, 9.17) is 5.11 Å². The molecule has 0 spiro atoms. The van der Waals surface area contributed by atoms with Crippen LogP contribution in [0.1, 0.15) is 11.6 Å². The van der Waals surface area contributed by atoms with Gasteiger partial charge in [0, 0.05) is 32.7 Å². The van der Waals surface area contributed by atoms with E-state index in [1.54, 1.807) is 0 Å². The van der Waals surface area contributed by atoms with Crippen LogP contribution in [0.5, 0.6) is 0 Å². The van der Waals surface area contributed by atoms with Gasteiger partial charge in [-0.3, -0.25) is 9.80 Å². The van der Waals surface area contributed by atoms with Gasteiger partial charge < -0.3 is 5.11 Å². The van der Waals surface area contributed by atoms with Gasteiger partial charge in [-0.15, -0.1) is 0 Å². The smallest absolute Gasteiger partial charge is 0.123 e. The van der Waals surface area contributed by atoms with Crippen LogP contribution in [0.2, 0.25) is 0 Å². The van der Waals surface area contributed by atoms with Crippen LogP contribution in [0.15, 0.2) is 30.3 Å². The van der Waals surface area contributed by atoms with Crippen LogP contribution in [0.25, 0.3) is 0 Å². The number of benzene rings is 1. The monoisotopic (exact) mass is 245 g/mol. The SMILES string of the molecule is N#CC(c1ccccc1)N1CCN(CCO)CC1. The summed E-state index contributed by atoms with van der Waals surface area (Å²) in [7, 11) is 0. The van der Waals surface area contributed by atoms with Crippen molar-refractivity contribution in [2.75, 3.05) is 39.3 Å². The molecule has 1 saturated heterocycles. The van der Waals surface area contributed by atoms with Crippen LogP contribution in [0, 0.1) is 11.3 Å². The fraction of sp³-hybridized carbons (Fsp3) is 0.500. The first-order valence-corrected chi connectivity index (χ1v) is 6.37. The topological polar surface area (TPSA) is 50.5 Å². The van der Waals surface area contributed by atoms with Gasteiger partial charge in [-0.2, -0.15) is 5.26 Å². The van der Waals surface area contributed by atoms with E-state index < -0.39 is 0 Å². The van der Waals surface area contributed by atoms with E-state index >= 15 is 0 Å². The zero-order valence-electron chi connectivity index (χ0n) is 10.5. The lowest BCUT2D eigenvalue weighted by molar-refractivity contribution is 0.0982. The number of hydrogen-bond acceptors (Lipinski definition) is 4. The van der Waals surface area contributed by atoms with Gasteiger partial charge in [-0.05, 0) is 5.56 Å². The van der Waals surface area contributed by atoms with E-state index in [1.165, 1.54) is 0 Å². The minimum Gasteiger partial charge on any atom is -0.395 e. The van der Waals surface area contributed by atoms with Crippen molar-refractivity contribution < 1.29 is 5.11 Å². The Labute approximate surface area is 108 Å². The summed E-state index contributed by atoms with van der Waals surface area (Å²) in [5.74, 6) is 0. The minimum atomic E-state index is -0.150. The molecule has 1 atom stereocenters. The van der Waals surface area contributed by atoms with Crippen LogP contribution >= 0.6 is 0 Å². The van der Waals surface area contributed by atoms with Crippen molar-refractivity contribution in [3.8, 4) is 6.07 Å². The molecule has 0 saturated carbocycles. The fourth-order valence-corrected chi connectivity index (χ4v) is 2.39. The lowest BCUT2D eigenvalue weighted by Gasteiger charge is -2.36. The number of hydrogen-bond donors (Lipinski definition) is 1. The largest absolute Gasteiger partial charge is 0.395 e. The number of piperazine rings is 1. The summed E-state index contributed by atoms with van der Waals surface area (Å²) >= 11 is 0. The predicted molar refractivity (Wildman–Crippen MR) is 69.9 cm³/mol. The number of nitriles is 1. The Kier molecular flexibility index (Phi) is 4.71. The van der Waals surface area contributed by atoms with Crippen LogP contribution in [-0.2, 0) is 0 Å². The summed E-state index contributed by atoms with van der Waals surface area (Å²) < 4.78 is 0. The molecule has 0 amide bonds. The van der Waals surface area contributed by atoms with Gasteiger partial charge in [-0.1, -0.05) is 30.3 Å². The highest BCUT2D eigenvalue weighted by molar-refractivity contribution is 5.24. The molecule has 4 heteroatoms. The molecule has 0 aliphatic carbocycles. The Hall–Kier alpha value is -1.41. The number of aliphatic hydroxyl groups is 1. The van der Waals surface area contributed by atoms with Crippen molar-refractivity contribution in [3.63, 3.8) is 0 Å². The summed E-state index contributed by atoms with van der Waals surface area (Å²) in [5, 5.41) is 18.3. The summed E-state index contributed by atoms with van der Waals surface area (Å²) in [5.41, 5.74) is 1.07. The Bertz CT molecular complexity index is 393. The first-order valence-electron chi connectivity index (χ1n) is 6.37. The van der Waals surface area contributed by atoms with E-state index in [1.807, 2.05) is 30.3 Å². The lowest BCUT2D eigenvalue weighted by Crippen LogP contribution is -2.48. The van der Waals surface area contributed by atoms with Crippen LogP contribution in [-0.4, -0.2) is 54.2 Å². The molecule has 96 valence electrons. The Morgan fingerprint density at radius 1 is 1.17 bits per heavy atom. The molecule has 1 fully saturated rings. The van der Waals surface area contributed by atoms with E-state index in [0.29, 0.717) is 0 Å². The number of nitrogens with zero attached hydrogens (tertiary/aromatic N) is 3. The van der Waals surface area contributed by atoms with E-state index in [2.05, 4.69) is 15.9 Å².